The largest absolute Gasteiger partial charge is 0.463 e. The molecule has 0 rings (SSSR count). The van der Waals surface area contributed by atoms with Gasteiger partial charge in [-0.15, -0.1) is 0 Å². The van der Waals surface area contributed by atoms with Crippen LogP contribution in [0.2, 0.25) is 0 Å². The maximum atomic E-state index is 11.1. The van der Waals surface area contributed by atoms with Gasteiger partial charge < -0.3 is 14.2 Å². The van der Waals surface area contributed by atoms with Crippen LogP contribution in [-0.4, -0.2) is 38.4 Å². The van der Waals surface area contributed by atoms with Crippen LogP contribution in [0.15, 0.2) is 24.8 Å². The summed E-state index contributed by atoms with van der Waals surface area (Å²) >= 11 is 0. The van der Waals surface area contributed by atoms with E-state index in [2.05, 4.69) is 17.9 Å². The maximum Gasteiger partial charge on any atom is 0.335 e. The Balaban J connectivity index is 3.51. The van der Waals surface area contributed by atoms with Gasteiger partial charge in [0.05, 0.1) is 25.4 Å². The van der Waals surface area contributed by atoms with E-state index in [1.807, 2.05) is 0 Å². The fourth-order valence-corrected chi connectivity index (χ4v) is 0.748. The Bertz CT molecular complexity index is 270. The quantitative estimate of drug-likeness (QED) is 0.350. The summed E-state index contributed by atoms with van der Waals surface area (Å²) in [5.74, 6) is -0.988. The zero-order valence-electron chi connectivity index (χ0n) is 9.36. The summed E-state index contributed by atoms with van der Waals surface area (Å²) in [4.78, 5) is 21.7. The number of carbonyl (C=O) groups is 2. The van der Waals surface area contributed by atoms with Crippen molar-refractivity contribution in [3.8, 4) is 0 Å². The predicted molar refractivity (Wildman–Crippen MR) is 57.7 cm³/mol. The van der Waals surface area contributed by atoms with E-state index in [-0.39, 0.29) is 25.4 Å². The Labute approximate surface area is 94.7 Å². The van der Waals surface area contributed by atoms with Crippen molar-refractivity contribution in [2.24, 2.45) is 0 Å². The highest BCUT2D eigenvalue weighted by atomic mass is 16.6. The lowest BCUT2D eigenvalue weighted by atomic mass is 10.3. The molecule has 0 spiro atoms. The lowest BCUT2D eigenvalue weighted by Crippen LogP contribution is -2.14. The number of rotatable bonds is 8. The van der Waals surface area contributed by atoms with Gasteiger partial charge >= 0.3 is 11.9 Å². The van der Waals surface area contributed by atoms with Gasteiger partial charge in [-0.25, -0.2) is 9.59 Å². The summed E-state index contributed by atoms with van der Waals surface area (Å²) in [6, 6.07) is 0. The highest BCUT2D eigenvalue weighted by molar-refractivity contribution is 5.87. The van der Waals surface area contributed by atoms with Gasteiger partial charge in [0.25, 0.3) is 0 Å². The second kappa shape index (κ2) is 8.67. The lowest BCUT2D eigenvalue weighted by Gasteiger charge is -2.06. The second-order valence-corrected chi connectivity index (χ2v) is 2.75. The SMILES string of the molecule is C=CC(=O)OCCOCC(=C)C(=O)OCC. The third-order valence-corrected chi connectivity index (χ3v) is 1.48. The third-order valence-electron chi connectivity index (χ3n) is 1.48. The molecule has 0 bridgehead atoms. The minimum Gasteiger partial charge on any atom is -0.463 e. The van der Waals surface area contributed by atoms with Gasteiger partial charge in [0, 0.05) is 6.08 Å². The van der Waals surface area contributed by atoms with Crippen LogP contribution in [0.5, 0.6) is 0 Å². The van der Waals surface area contributed by atoms with E-state index in [0.717, 1.165) is 6.08 Å². The van der Waals surface area contributed by atoms with E-state index in [9.17, 15) is 9.59 Å². The average molecular weight is 228 g/mol. The number of esters is 2. The molecule has 16 heavy (non-hydrogen) atoms. The molecule has 0 unspecified atom stereocenters. The van der Waals surface area contributed by atoms with Crippen molar-refractivity contribution in [2.45, 2.75) is 6.92 Å². The summed E-state index contributed by atoms with van der Waals surface area (Å²) in [5, 5.41) is 0. The summed E-state index contributed by atoms with van der Waals surface area (Å²) < 4.78 is 14.4. The molecule has 5 heteroatoms. The summed E-state index contributed by atoms with van der Waals surface area (Å²) in [7, 11) is 0. The molecule has 5 nitrogen and oxygen atoms in total. The minimum atomic E-state index is -0.507. The molecular formula is C11H16O5. The number of hydrogen-bond acceptors (Lipinski definition) is 5. The van der Waals surface area contributed by atoms with Crippen LogP contribution in [0.25, 0.3) is 0 Å². The molecule has 0 saturated heterocycles. The molecule has 0 saturated carbocycles. The van der Waals surface area contributed by atoms with Crippen molar-refractivity contribution >= 4 is 11.9 Å². The monoisotopic (exact) mass is 228 g/mol. The predicted octanol–water partition coefficient (Wildman–Crippen LogP) is 0.851. The lowest BCUT2D eigenvalue weighted by molar-refractivity contribution is -0.141. The molecule has 0 aliphatic heterocycles. The number of hydrogen-bond donors (Lipinski definition) is 0. The van der Waals surface area contributed by atoms with E-state index >= 15 is 0 Å². The Morgan fingerprint density at radius 1 is 1.25 bits per heavy atom. The van der Waals surface area contributed by atoms with E-state index in [0.29, 0.717) is 6.61 Å². The summed E-state index contributed by atoms with van der Waals surface area (Å²) in [6.07, 6.45) is 1.07. The molecule has 0 atom stereocenters. The Hall–Kier alpha value is -1.62. The molecule has 0 aromatic heterocycles. The van der Waals surface area contributed by atoms with Crippen LogP contribution in [-0.2, 0) is 23.8 Å². The average Bonchev–Trinajstić information content (AvgIpc) is 2.28. The van der Waals surface area contributed by atoms with E-state index in [1.165, 1.54) is 0 Å². The Morgan fingerprint density at radius 2 is 1.94 bits per heavy atom. The van der Waals surface area contributed by atoms with Crippen LogP contribution in [0.4, 0.5) is 0 Å². The molecular weight excluding hydrogens is 212 g/mol. The zero-order valence-corrected chi connectivity index (χ0v) is 9.36. The van der Waals surface area contributed by atoms with Crippen LogP contribution < -0.4 is 0 Å². The Morgan fingerprint density at radius 3 is 2.50 bits per heavy atom. The van der Waals surface area contributed by atoms with Gasteiger partial charge in [0.2, 0.25) is 0 Å². The molecule has 0 aliphatic carbocycles. The summed E-state index contributed by atoms with van der Waals surface area (Å²) in [5.41, 5.74) is 0.233. The zero-order chi connectivity index (χ0) is 12.4. The molecule has 0 aromatic carbocycles. The smallest absolute Gasteiger partial charge is 0.335 e. The van der Waals surface area contributed by atoms with E-state index in [1.54, 1.807) is 6.92 Å². The highest BCUT2D eigenvalue weighted by Crippen LogP contribution is 1.95. The molecule has 0 fully saturated rings. The molecule has 0 aliphatic rings. The molecule has 0 aromatic rings. The van der Waals surface area contributed by atoms with Crippen LogP contribution in [0.3, 0.4) is 0 Å². The highest BCUT2D eigenvalue weighted by Gasteiger charge is 2.07. The fraction of sp³-hybridized carbons (Fsp3) is 0.455. The first kappa shape index (κ1) is 14.4. The van der Waals surface area contributed by atoms with Crippen molar-refractivity contribution in [1.82, 2.24) is 0 Å². The molecule has 0 N–H and O–H groups in total. The standard InChI is InChI=1S/C11H16O5/c1-4-10(12)16-7-6-14-8-9(3)11(13)15-5-2/h4H,1,3,5-8H2,2H3. The van der Waals surface area contributed by atoms with Gasteiger partial charge in [0.15, 0.2) is 0 Å². The molecule has 90 valence electrons. The fourth-order valence-electron chi connectivity index (χ4n) is 0.748. The van der Waals surface area contributed by atoms with Crippen molar-refractivity contribution in [3.05, 3.63) is 24.8 Å². The maximum absolute atomic E-state index is 11.1. The number of ether oxygens (including phenoxy) is 3. The Kier molecular flexibility index (Phi) is 7.79. The van der Waals surface area contributed by atoms with Crippen LogP contribution in [0.1, 0.15) is 6.92 Å². The van der Waals surface area contributed by atoms with Crippen molar-refractivity contribution in [3.63, 3.8) is 0 Å². The van der Waals surface area contributed by atoms with Gasteiger partial charge in [-0.1, -0.05) is 13.2 Å². The van der Waals surface area contributed by atoms with E-state index in [4.69, 9.17) is 9.47 Å². The van der Waals surface area contributed by atoms with Gasteiger partial charge in [0.1, 0.15) is 6.61 Å². The van der Waals surface area contributed by atoms with Crippen LogP contribution >= 0.6 is 0 Å². The molecule has 0 heterocycles. The van der Waals surface area contributed by atoms with Gasteiger partial charge in [-0.3, -0.25) is 0 Å². The first-order valence-corrected chi connectivity index (χ1v) is 4.83. The molecule has 0 radical (unpaired) electrons. The van der Waals surface area contributed by atoms with Gasteiger partial charge in [-0.05, 0) is 6.92 Å². The molecule has 0 amide bonds. The van der Waals surface area contributed by atoms with Crippen molar-refractivity contribution in [2.75, 3.05) is 26.4 Å². The van der Waals surface area contributed by atoms with Gasteiger partial charge in [-0.2, -0.15) is 0 Å². The van der Waals surface area contributed by atoms with Crippen LogP contribution in [0, 0.1) is 0 Å². The first-order valence-electron chi connectivity index (χ1n) is 4.83. The van der Waals surface area contributed by atoms with Crippen molar-refractivity contribution in [1.29, 1.82) is 0 Å². The topological polar surface area (TPSA) is 61.8 Å². The number of carbonyl (C=O) groups excluding carboxylic acids is 2. The minimum absolute atomic E-state index is 0.0600. The first-order chi connectivity index (χ1) is 7.61. The summed E-state index contributed by atoms with van der Waals surface area (Å²) in [6.45, 7) is 9.11. The third kappa shape index (κ3) is 6.78. The van der Waals surface area contributed by atoms with E-state index < -0.39 is 11.9 Å². The normalized spacial score (nSPS) is 9.31. The van der Waals surface area contributed by atoms with Crippen molar-refractivity contribution < 1.29 is 23.8 Å². The second-order valence-electron chi connectivity index (χ2n) is 2.75.